The second-order valence-electron chi connectivity index (χ2n) is 6.78. The number of anilines is 1. The van der Waals surface area contributed by atoms with Crippen LogP contribution in [-0.2, 0) is 4.79 Å². The molecule has 1 aromatic heterocycles. The summed E-state index contributed by atoms with van der Waals surface area (Å²) in [6.07, 6.45) is 3.39. The van der Waals surface area contributed by atoms with Gasteiger partial charge in [0.2, 0.25) is 5.91 Å². The van der Waals surface area contributed by atoms with Crippen molar-refractivity contribution in [2.24, 2.45) is 0 Å². The summed E-state index contributed by atoms with van der Waals surface area (Å²) in [5, 5.41) is 12.2. The SMILES string of the molecule is CC[C@H](C)c1ccccc1NC(=O)[C@H](C)Sc1nnc(C)n1C1CC1. The van der Waals surface area contributed by atoms with Crippen molar-refractivity contribution in [3.8, 4) is 0 Å². The van der Waals surface area contributed by atoms with Crippen LogP contribution in [0, 0.1) is 6.92 Å². The Morgan fingerprint density at radius 1 is 1.32 bits per heavy atom. The van der Waals surface area contributed by atoms with Crippen LogP contribution in [0.3, 0.4) is 0 Å². The van der Waals surface area contributed by atoms with Crippen LogP contribution in [-0.4, -0.2) is 25.9 Å². The smallest absolute Gasteiger partial charge is 0.237 e. The number of carbonyl (C=O) groups excluding carboxylic acids is 1. The third kappa shape index (κ3) is 4.06. The summed E-state index contributed by atoms with van der Waals surface area (Å²) in [5.41, 5.74) is 2.10. The molecule has 1 heterocycles. The maximum atomic E-state index is 12.7. The first-order valence-electron chi connectivity index (χ1n) is 8.99. The Hall–Kier alpha value is -1.82. The molecule has 25 heavy (non-hydrogen) atoms. The number of aryl methyl sites for hydroxylation is 1. The summed E-state index contributed by atoms with van der Waals surface area (Å²) in [6, 6.07) is 8.57. The third-order valence-electron chi connectivity index (χ3n) is 4.76. The molecule has 134 valence electrons. The minimum Gasteiger partial charge on any atom is -0.325 e. The quantitative estimate of drug-likeness (QED) is 0.738. The van der Waals surface area contributed by atoms with Crippen molar-refractivity contribution in [2.45, 2.75) is 69.3 Å². The number of carbonyl (C=O) groups is 1. The Bertz CT molecular complexity index is 754. The first-order chi connectivity index (χ1) is 12.0. The number of para-hydroxylation sites is 1. The molecule has 1 fully saturated rings. The van der Waals surface area contributed by atoms with Crippen molar-refractivity contribution in [1.29, 1.82) is 0 Å². The van der Waals surface area contributed by atoms with Gasteiger partial charge in [0.05, 0.1) is 5.25 Å². The Balaban J connectivity index is 1.70. The summed E-state index contributed by atoms with van der Waals surface area (Å²) in [7, 11) is 0. The summed E-state index contributed by atoms with van der Waals surface area (Å²) >= 11 is 1.48. The van der Waals surface area contributed by atoms with Gasteiger partial charge in [0.15, 0.2) is 5.16 Å². The van der Waals surface area contributed by atoms with E-state index in [0.29, 0.717) is 12.0 Å². The number of thioether (sulfide) groups is 1. The van der Waals surface area contributed by atoms with Gasteiger partial charge in [0.25, 0.3) is 0 Å². The van der Waals surface area contributed by atoms with Gasteiger partial charge >= 0.3 is 0 Å². The van der Waals surface area contributed by atoms with Crippen molar-refractivity contribution < 1.29 is 4.79 Å². The molecule has 2 atom stereocenters. The van der Waals surface area contributed by atoms with Crippen LogP contribution < -0.4 is 5.32 Å². The van der Waals surface area contributed by atoms with Gasteiger partial charge in [0.1, 0.15) is 5.82 Å². The number of benzene rings is 1. The van der Waals surface area contributed by atoms with E-state index in [1.807, 2.05) is 32.0 Å². The molecule has 1 saturated carbocycles. The van der Waals surface area contributed by atoms with Gasteiger partial charge < -0.3 is 9.88 Å². The number of nitrogens with one attached hydrogen (secondary N) is 1. The normalized spacial score (nSPS) is 16.5. The Kier molecular flexibility index (Phi) is 5.47. The van der Waals surface area contributed by atoms with E-state index in [1.54, 1.807) is 0 Å². The monoisotopic (exact) mass is 358 g/mol. The first kappa shape index (κ1) is 18.0. The van der Waals surface area contributed by atoms with E-state index in [4.69, 9.17) is 0 Å². The summed E-state index contributed by atoms with van der Waals surface area (Å²) in [4.78, 5) is 12.7. The highest BCUT2D eigenvalue weighted by Crippen LogP contribution is 2.39. The molecule has 0 aliphatic heterocycles. The number of nitrogens with zero attached hydrogens (tertiary/aromatic N) is 3. The van der Waals surface area contributed by atoms with E-state index in [1.165, 1.54) is 30.2 Å². The molecule has 0 saturated heterocycles. The highest BCUT2D eigenvalue weighted by atomic mass is 32.2. The number of hydrogen-bond acceptors (Lipinski definition) is 4. The zero-order chi connectivity index (χ0) is 18.0. The lowest BCUT2D eigenvalue weighted by molar-refractivity contribution is -0.115. The van der Waals surface area contributed by atoms with E-state index in [0.717, 1.165) is 23.1 Å². The van der Waals surface area contributed by atoms with Crippen LogP contribution in [0.2, 0.25) is 0 Å². The van der Waals surface area contributed by atoms with Crippen molar-refractivity contribution in [3.63, 3.8) is 0 Å². The minimum atomic E-state index is -0.230. The summed E-state index contributed by atoms with van der Waals surface area (Å²) < 4.78 is 2.17. The lowest BCUT2D eigenvalue weighted by Crippen LogP contribution is -2.23. The molecule has 1 aliphatic rings. The minimum absolute atomic E-state index is 0.00348. The van der Waals surface area contributed by atoms with Crippen LogP contribution in [0.15, 0.2) is 29.4 Å². The van der Waals surface area contributed by atoms with Crippen molar-refractivity contribution in [3.05, 3.63) is 35.7 Å². The molecule has 3 rings (SSSR count). The van der Waals surface area contributed by atoms with Crippen LogP contribution in [0.4, 0.5) is 5.69 Å². The van der Waals surface area contributed by atoms with Crippen LogP contribution in [0.1, 0.15) is 63.4 Å². The molecular weight excluding hydrogens is 332 g/mol. The standard InChI is InChI=1S/C19H26N4OS/c1-5-12(2)16-8-6-7-9-17(16)20-18(24)13(3)25-19-22-21-14(4)23(19)15-10-11-15/h6-9,12-13,15H,5,10-11H2,1-4H3,(H,20,24)/t12-,13-/m0/s1. The van der Waals surface area contributed by atoms with Gasteiger partial charge in [-0.05, 0) is 50.7 Å². The fourth-order valence-electron chi connectivity index (χ4n) is 2.89. The van der Waals surface area contributed by atoms with Gasteiger partial charge in [-0.2, -0.15) is 0 Å². The zero-order valence-corrected chi connectivity index (χ0v) is 16.1. The van der Waals surface area contributed by atoms with E-state index in [-0.39, 0.29) is 11.2 Å². The van der Waals surface area contributed by atoms with Crippen LogP contribution >= 0.6 is 11.8 Å². The molecule has 1 aromatic carbocycles. The van der Waals surface area contributed by atoms with Gasteiger partial charge in [-0.25, -0.2) is 0 Å². The van der Waals surface area contributed by atoms with E-state index < -0.39 is 0 Å². The maximum absolute atomic E-state index is 12.7. The van der Waals surface area contributed by atoms with Crippen molar-refractivity contribution in [1.82, 2.24) is 14.8 Å². The number of hydrogen-bond donors (Lipinski definition) is 1. The van der Waals surface area contributed by atoms with Crippen molar-refractivity contribution >= 4 is 23.4 Å². The lowest BCUT2D eigenvalue weighted by Gasteiger charge is -2.17. The molecule has 0 radical (unpaired) electrons. The van der Waals surface area contributed by atoms with E-state index in [2.05, 4.69) is 40.0 Å². The largest absolute Gasteiger partial charge is 0.325 e. The number of amides is 1. The summed E-state index contributed by atoms with van der Waals surface area (Å²) in [6.45, 7) is 8.24. The predicted molar refractivity (Wildman–Crippen MR) is 102 cm³/mol. The predicted octanol–water partition coefficient (Wildman–Crippen LogP) is 4.55. The molecular formula is C19H26N4OS. The summed E-state index contributed by atoms with van der Waals surface area (Å²) in [5.74, 6) is 1.35. The van der Waals surface area contributed by atoms with Gasteiger partial charge in [0, 0.05) is 11.7 Å². The van der Waals surface area contributed by atoms with E-state index >= 15 is 0 Å². The molecule has 0 bridgehead atoms. The third-order valence-corrected chi connectivity index (χ3v) is 5.82. The molecule has 5 nitrogen and oxygen atoms in total. The van der Waals surface area contributed by atoms with Gasteiger partial charge in [-0.3, -0.25) is 4.79 Å². The number of rotatable bonds is 7. The second-order valence-corrected chi connectivity index (χ2v) is 8.08. The molecule has 1 amide bonds. The fourth-order valence-corrected chi connectivity index (χ4v) is 3.85. The molecule has 0 spiro atoms. The Morgan fingerprint density at radius 2 is 2.04 bits per heavy atom. The fraction of sp³-hybridized carbons (Fsp3) is 0.526. The van der Waals surface area contributed by atoms with Crippen LogP contribution in [0.25, 0.3) is 0 Å². The highest BCUT2D eigenvalue weighted by molar-refractivity contribution is 8.00. The Morgan fingerprint density at radius 3 is 2.72 bits per heavy atom. The van der Waals surface area contributed by atoms with E-state index in [9.17, 15) is 4.79 Å². The van der Waals surface area contributed by atoms with Gasteiger partial charge in [-0.15, -0.1) is 10.2 Å². The number of aromatic nitrogens is 3. The topological polar surface area (TPSA) is 59.8 Å². The Labute approximate surface area is 153 Å². The average Bonchev–Trinajstić information content (AvgIpc) is 3.38. The van der Waals surface area contributed by atoms with Gasteiger partial charge in [-0.1, -0.05) is 43.8 Å². The highest BCUT2D eigenvalue weighted by Gasteiger charge is 2.30. The molecule has 1 N–H and O–H groups in total. The average molecular weight is 359 g/mol. The maximum Gasteiger partial charge on any atom is 0.237 e. The van der Waals surface area contributed by atoms with Crippen LogP contribution in [0.5, 0.6) is 0 Å². The lowest BCUT2D eigenvalue weighted by atomic mass is 9.97. The van der Waals surface area contributed by atoms with Crippen molar-refractivity contribution in [2.75, 3.05) is 5.32 Å². The second kappa shape index (κ2) is 7.60. The molecule has 6 heteroatoms. The molecule has 0 unspecified atom stereocenters. The molecule has 1 aliphatic carbocycles. The zero-order valence-electron chi connectivity index (χ0n) is 15.3. The first-order valence-corrected chi connectivity index (χ1v) is 9.87. The molecule has 2 aromatic rings.